The number of furan rings is 1. The lowest BCUT2D eigenvalue weighted by molar-refractivity contribution is 0.0924. The molecule has 4 aromatic rings. The Bertz CT molecular complexity index is 1130. The molecule has 1 amide bonds. The molecule has 0 radical (unpaired) electrons. The van der Waals surface area contributed by atoms with Gasteiger partial charge in [0, 0.05) is 12.1 Å². The van der Waals surface area contributed by atoms with E-state index in [0.29, 0.717) is 17.9 Å². The summed E-state index contributed by atoms with van der Waals surface area (Å²) in [5, 5.41) is 5.10. The molecule has 3 nitrogen and oxygen atoms in total. The van der Waals surface area contributed by atoms with Gasteiger partial charge in [-0.1, -0.05) is 54.1 Å². The number of nitrogens with one attached hydrogen (secondary N) is 1. The van der Waals surface area contributed by atoms with Crippen molar-refractivity contribution in [3.8, 4) is 11.3 Å². The SMILES string of the molecule is O=C(NCc1cccc2ccccc12)c1ccc(-c2ccc(F)c(Cl)c2)o1. The second kappa shape index (κ2) is 7.25. The van der Waals surface area contributed by atoms with E-state index in [9.17, 15) is 9.18 Å². The molecule has 0 bridgehead atoms. The Labute approximate surface area is 160 Å². The third kappa shape index (κ3) is 3.57. The molecule has 4 rings (SSSR count). The summed E-state index contributed by atoms with van der Waals surface area (Å²) in [4.78, 5) is 12.4. The van der Waals surface area contributed by atoms with E-state index in [1.807, 2.05) is 42.5 Å². The highest BCUT2D eigenvalue weighted by molar-refractivity contribution is 6.31. The molecule has 0 atom stereocenters. The molecule has 0 aliphatic rings. The average molecular weight is 380 g/mol. The molecule has 1 N–H and O–H groups in total. The number of rotatable bonds is 4. The molecule has 0 fully saturated rings. The molecule has 0 unspecified atom stereocenters. The number of benzene rings is 3. The summed E-state index contributed by atoms with van der Waals surface area (Å²) in [7, 11) is 0. The summed E-state index contributed by atoms with van der Waals surface area (Å²) in [6.07, 6.45) is 0. The molecule has 0 aliphatic carbocycles. The Morgan fingerprint density at radius 1 is 1.00 bits per heavy atom. The largest absolute Gasteiger partial charge is 0.451 e. The van der Waals surface area contributed by atoms with E-state index in [1.54, 1.807) is 18.2 Å². The summed E-state index contributed by atoms with van der Waals surface area (Å²) in [5.41, 5.74) is 1.63. The predicted molar refractivity (Wildman–Crippen MR) is 104 cm³/mol. The highest BCUT2D eigenvalue weighted by Gasteiger charge is 2.13. The van der Waals surface area contributed by atoms with E-state index in [0.717, 1.165) is 16.3 Å². The number of fused-ring (bicyclic) bond motifs is 1. The number of carbonyl (C=O) groups is 1. The topological polar surface area (TPSA) is 42.2 Å². The van der Waals surface area contributed by atoms with E-state index >= 15 is 0 Å². The van der Waals surface area contributed by atoms with Gasteiger partial charge >= 0.3 is 0 Å². The van der Waals surface area contributed by atoms with Crippen molar-refractivity contribution >= 4 is 28.3 Å². The lowest BCUT2D eigenvalue weighted by atomic mass is 10.0. The van der Waals surface area contributed by atoms with Crippen molar-refractivity contribution < 1.29 is 13.6 Å². The first-order chi connectivity index (χ1) is 13.1. The number of hydrogen-bond acceptors (Lipinski definition) is 2. The van der Waals surface area contributed by atoms with E-state index in [1.165, 1.54) is 12.1 Å². The van der Waals surface area contributed by atoms with E-state index < -0.39 is 5.82 Å². The zero-order chi connectivity index (χ0) is 18.8. The molecule has 0 saturated heterocycles. The molecule has 5 heteroatoms. The standard InChI is InChI=1S/C22H15ClFNO2/c23-18-12-15(8-9-19(18)24)20-10-11-21(27-20)22(26)25-13-16-6-3-5-14-4-1-2-7-17(14)16/h1-12H,13H2,(H,25,26). The Hall–Kier alpha value is -3.11. The number of hydrogen-bond donors (Lipinski definition) is 1. The van der Waals surface area contributed by atoms with Gasteiger partial charge in [0.15, 0.2) is 5.76 Å². The Morgan fingerprint density at radius 3 is 2.67 bits per heavy atom. The Kier molecular flexibility index (Phi) is 4.65. The molecular formula is C22H15ClFNO2. The monoisotopic (exact) mass is 379 g/mol. The lowest BCUT2D eigenvalue weighted by Gasteiger charge is -2.07. The van der Waals surface area contributed by atoms with Gasteiger partial charge in [0.1, 0.15) is 11.6 Å². The molecule has 0 saturated carbocycles. The van der Waals surface area contributed by atoms with Gasteiger partial charge in [-0.2, -0.15) is 0 Å². The summed E-state index contributed by atoms with van der Waals surface area (Å²) < 4.78 is 18.9. The molecule has 1 heterocycles. The van der Waals surface area contributed by atoms with Crippen molar-refractivity contribution in [3.63, 3.8) is 0 Å². The van der Waals surface area contributed by atoms with Crippen molar-refractivity contribution in [2.45, 2.75) is 6.54 Å². The normalized spacial score (nSPS) is 10.9. The quantitative estimate of drug-likeness (QED) is 0.485. The molecule has 27 heavy (non-hydrogen) atoms. The van der Waals surface area contributed by atoms with Gasteiger partial charge in [-0.3, -0.25) is 4.79 Å². The van der Waals surface area contributed by atoms with Crippen LogP contribution in [0.2, 0.25) is 5.02 Å². The number of carbonyl (C=O) groups excluding carboxylic acids is 1. The fraction of sp³-hybridized carbons (Fsp3) is 0.0455. The van der Waals surface area contributed by atoms with Crippen LogP contribution in [0.4, 0.5) is 4.39 Å². The zero-order valence-electron chi connectivity index (χ0n) is 14.2. The fourth-order valence-electron chi connectivity index (χ4n) is 2.97. The highest BCUT2D eigenvalue weighted by atomic mass is 35.5. The zero-order valence-corrected chi connectivity index (χ0v) is 15.0. The highest BCUT2D eigenvalue weighted by Crippen LogP contribution is 2.26. The van der Waals surface area contributed by atoms with Crippen molar-refractivity contribution in [2.75, 3.05) is 0 Å². The minimum absolute atomic E-state index is 0.00542. The van der Waals surface area contributed by atoms with E-state index in [4.69, 9.17) is 16.0 Å². The Morgan fingerprint density at radius 2 is 1.81 bits per heavy atom. The average Bonchev–Trinajstić information content (AvgIpc) is 3.18. The minimum atomic E-state index is -0.500. The van der Waals surface area contributed by atoms with Crippen LogP contribution in [0.3, 0.4) is 0 Å². The number of amides is 1. The second-order valence-electron chi connectivity index (χ2n) is 6.11. The predicted octanol–water partition coefficient (Wildman–Crippen LogP) is 5.82. The van der Waals surface area contributed by atoms with Crippen molar-refractivity contribution in [2.24, 2.45) is 0 Å². The van der Waals surface area contributed by atoms with Gasteiger partial charge in [0.25, 0.3) is 5.91 Å². The summed E-state index contributed by atoms with van der Waals surface area (Å²) in [6, 6.07) is 21.5. The second-order valence-corrected chi connectivity index (χ2v) is 6.52. The first-order valence-electron chi connectivity index (χ1n) is 8.42. The van der Waals surface area contributed by atoms with Crippen LogP contribution in [-0.2, 0) is 6.54 Å². The number of halogens is 2. The van der Waals surface area contributed by atoms with Crippen LogP contribution in [0.1, 0.15) is 16.1 Å². The van der Waals surface area contributed by atoms with Crippen LogP contribution in [-0.4, -0.2) is 5.91 Å². The van der Waals surface area contributed by atoms with Crippen molar-refractivity contribution in [3.05, 3.63) is 95.0 Å². The molecule has 3 aromatic carbocycles. The van der Waals surface area contributed by atoms with E-state index in [-0.39, 0.29) is 16.7 Å². The van der Waals surface area contributed by atoms with Crippen LogP contribution in [0, 0.1) is 5.82 Å². The maximum absolute atomic E-state index is 13.3. The molecule has 0 aliphatic heterocycles. The molecule has 0 spiro atoms. The van der Waals surface area contributed by atoms with Crippen LogP contribution < -0.4 is 5.32 Å². The maximum Gasteiger partial charge on any atom is 0.287 e. The Balaban J connectivity index is 1.50. The van der Waals surface area contributed by atoms with Gasteiger partial charge < -0.3 is 9.73 Å². The summed E-state index contributed by atoms with van der Waals surface area (Å²) in [5.74, 6) is -0.180. The van der Waals surface area contributed by atoms with Gasteiger partial charge in [0.2, 0.25) is 0 Å². The fourth-order valence-corrected chi connectivity index (χ4v) is 3.15. The third-order valence-electron chi connectivity index (χ3n) is 4.35. The van der Waals surface area contributed by atoms with Gasteiger partial charge in [-0.05, 0) is 46.7 Å². The van der Waals surface area contributed by atoms with Gasteiger partial charge in [-0.15, -0.1) is 0 Å². The van der Waals surface area contributed by atoms with Crippen LogP contribution >= 0.6 is 11.6 Å². The lowest BCUT2D eigenvalue weighted by Crippen LogP contribution is -2.22. The summed E-state index contributed by atoms with van der Waals surface area (Å²) in [6.45, 7) is 0.387. The third-order valence-corrected chi connectivity index (χ3v) is 4.64. The molecule has 1 aromatic heterocycles. The van der Waals surface area contributed by atoms with E-state index in [2.05, 4.69) is 5.32 Å². The van der Waals surface area contributed by atoms with Gasteiger partial charge in [0.05, 0.1) is 5.02 Å². The maximum atomic E-state index is 13.3. The van der Waals surface area contributed by atoms with Crippen LogP contribution in [0.25, 0.3) is 22.1 Å². The first-order valence-corrected chi connectivity index (χ1v) is 8.80. The summed E-state index contributed by atoms with van der Waals surface area (Å²) >= 11 is 5.80. The molecular weight excluding hydrogens is 365 g/mol. The van der Waals surface area contributed by atoms with Crippen molar-refractivity contribution in [1.82, 2.24) is 5.32 Å². The molecule has 134 valence electrons. The van der Waals surface area contributed by atoms with Gasteiger partial charge in [-0.25, -0.2) is 4.39 Å². The van der Waals surface area contributed by atoms with Crippen molar-refractivity contribution in [1.29, 1.82) is 0 Å². The smallest absolute Gasteiger partial charge is 0.287 e. The first kappa shape index (κ1) is 17.3. The van der Waals surface area contributed by atoms with Crippen LogP contribution in [0.15, 0.2) is 77.2 Å². The minimum Gasteiger partial charge on any atom is -0.451 e. The van der Waals surface area contributed by atoms with Crippen LogP contribution in [0.5, 0.6) is 0 Å².